The van der Waals surface area contributed by atoms with Crippen LogP contribution < -0.4 is 14.8 Å². The Balaban J connectivity index is 1.50. The zero-order valence-corrected chi connectivity index (χ0v) is 10.7. The van der Waals surface area contributed by atoms with E-state index >= 15 is 0 Å². The Hall–Kier alpha value is -2.01. The molecule has 0 unspecified atom stereocenters. The van der Waals surface area contributed by atoms with Crippen LogP contribution >= 0.6 is 0 Å². The molecule has 1 aliphatic heterocycles. The molecule has 1 aliphatic rings. The summed E-state index contributed by atoms with van der Waals surface area (Å²) in [6.07, 6.45) is 4.51. The molecule has 19 heavy (non-hydrogen) atoms. The molecule has 0 spiro atoms. The van der Waals surface area contributed by atoms with Crippen LogP contribution in [0.25, 0.3) is 0 Å². The van der Waals surface area contributed by atoms with E-state index in [0.717, 1.165) is 36.7 Å². The van der Waals surface area contributed by atoms with Crippen molar-refractivity contribution in [1.82, 2.24) is 15.3 Å². The molecule has 0 saturated heterocycles. The quantitative estimate of drug-likeness (QED) is 0.799. The van der Waals surface area contributed by atoms with Crippen molar-refractivity contribution in [2.24, 2.45) is 0 Å². The SMILES string of the molecule is c1ncc(CCNCc2ccc3c(c2)OCCO3)[nH]1. The maximum absolute atomic E-state index is 5.56. The average molecular weight is 259 g/mol. The Morgan fingerprint density at radius 2 is 2.11 bits per heavy atom. The minimum atomic E-state index is 0.629. The number of nitrogens with one attached hydrogen (secondary N) is 2. The van der Waals surface area contributed by atoms with Gasteiger partial charge >= 0.3 is 0 Å². The lowest BCUT2D eigenvalue weighted by Crippen LogP contribution is -2.18. The molecule has 100 valence electrons. The first-order valence-corrected chi connectivity index (χ1v) is 6.48. The number of hydrogen-bond acceptors (Lipinski definition) is 4. The Bertz CT molecular complexity index is 525. The molecular formula is C14H17N3O2. The third-order valence-electron chi connectivity index (χ3n) is 3.06. The second-order valence-electron chi connectivity index (χ2n) is 4.48. The van der Waals surface area contributed by atoms with Crippen LogP contribution in [0.1, 0.15) is 11.3 Å². The number of rotatable bonds is 5. The Labute approximate surface area is 112 Å². The summed E-state index contributed by atoms with van der Waals surface area (Å²) in [6, 6.07) is 6.08. The summed E-state index contributed by atoms with van der Waals surface area (Å²) in [7, 11) is 0. The fourth-order valence-electron chi connectivity index (χ4n) is 2.07. The summed E-state index contributed by atoms with van der Waals surface area (Å²) in [5, 5.41) is 3.40. The highest BCUT2D eigenvalue weighted by molar-refractivity contribution is 5.43. The zero-order chi connectivity index (χ0) is 12.9. The van der Waals surface area contributed by atoms with E-state index in [1.54, 1.807) is 6.33 Å². The second kappa shape index (κ2) is 5.75. The predicted molar refractivity (Wildman–Crippen MR) is 71.4 cm³/mol. The standard InChI is InChI=1S/C14H17N3O2/c1-2-13-14(19-6-5-18-13)7-11(1)8-15-4-3-12-9-16-10-17-12/h1-2,7,9-10,15H,3-6,8H2,(H,16,17). The van der Waals surface area contributed by atoms with Gasteiger partial charge in [0.2, 0.25) is 0 Å². The van der Waals surface area contributed by atoms with E-state index in [1.807, 2.05) is 18.3 Å². The molecule has 0 atom stereocenters. The van der Waals surface area contributed by atoms with E-state index in [0.29, 0.717) is 13.2 Å². The van der Waals surface area contributed by atoms with Gasteiger partial charge in [0.15, 0.2) is 11.5 Å². The maximum atomic E-state index is 5.56. The van der Waals surface area contributed by atoms with E-state index in [-0.39, 0.29) is 0 Å². The van der Waals surface area contributed by atoms with Gasteiger partial charge < -0.3 is 19.8 Å². The van der Waals surface area contributed by atoms with Crippen LogP contribution in [0.3, 0.4) is 0 Å². The largest absolute Gasteiger partial charge is 0.486 e. The van der Waals surface area contributed by atoms with Crippen LogP contribution in [-0.4, -0.2) is 29.7 Å². The highest BCUT2D eigenvalue weighted by atomic mass is 16.6. The van der Waals surface area contributed by atoms with Crippen molar-refractivity contribution in [3.8, 4) is 11.5 Å². The minimum absolute atomic E-state index is 0.629. The topological polar surface area (TPSA) is 59.2 Å². The van der Waals surface area contributed by atoms with Crippen LogP contribution in [0.2, 0.25) is 0 Å². The summed E-state index contributed by atoms with van der Waals surface area (Å²) in [5.41, 5.74) is 2.35. The molecule has 2 heterocycles. The summed E-state index contributed by atoms with van der Waals surface area (Å²) in [6.45, 7) is 3.00. The molecule has 2 aromatic rings. The number of benzene rings is 1. The lowest BCUT2D eigenvalue weighted by atomic mass is 10.2. The van der Waals surface area contributed by atoms with Gasteiger partial charge in [-0.1, -0.05) is 6.07 Å². The van der Waals surface area contributed by atoms with Crippen LogP contribution in [0.5, 0.6) is 11.5 Å². The van der Waals surface area contributed by atoms with Gasteiger partial charge in [0.05, 0.1) is 6.33 Å². The van der Waals surface area contributed by atoms with Crippen molar-refractivity contribution < 1.29 is 9.47 Å². The van der Waals surface area contributed by atoms with E-state index in [9.17, 15) is 0 Å². The van der Waals surface area contributed by atoms with Crippen LogP contribution in [0.4, 0.5) is 0 Å². The summed E-state index contributed by atoms with van der Waals surface area (Å²) in [5.74, 6) is 1.69. The molecule has 5 heteroatoms. The highest BCUT2D eigenvalue weighted by Gasteiger charge is 2.11. The van der Waals surface area contributed by atoms with Crippen LogP contribution in [0.15, 0.2) is 30.7 Å². The molecular weight excluding hydrogens is 242 g/mol. The van der Waals surface area contributed by atoms with E-state index in [2.05, 4.69) is 21.4 Å². The van der Waals surface area contributed by atoms with Gasteiger partial charge in [-0.2, -0.15) is 0 Å². The van der Waals surface area contributed by atoms with Crippen molar-refractivity contribution in [2.75, 3.05) is 19.8 Å². The summed E-state index contributed by atoms with van der Waals surface area (Å²) < 4.78 is 11.1. The molecule has 5 nitrogen and oxygen atoms in total. The fraction of sp³-hybridized carbons (Fsp3) is 0.357. The van der Waals surface area contributed by atoms with Gasteiger partial charge in [0.25, 0.3) is 0 Å². The number of fused-ring (bicyclic) bond motifs is 1. The molecule has 0 saturated carbocycles. The molecule has 0 fully saturated rings. The first-order valence-electron chi connectivity index (χ1n) is 6.48. The first kappa shape index (κ1) is 12.0. The van der Waals surface area contributed by atoms with Gasteiger partial charge in [-0.15, -0.1) is 0 Å². The van der Waals surface area contributed by atoms with Gasteiger partial charge in [-0.05, 0) is 17.7 Å². The number of ether oxygens (including phenoxy) is 2. The normalized spacial score (nSPS) is 13.5. The van der Waals surface area contributed by atoms with Gasteiger partial charge in [0, 0.05) is 31.4 Å². The molecule has 1 aromatic heterocycles. The number of imidazole rings is 1. The van der Waals surface area contributed by atoms with Crippen LogP contribution in [-0.2, 0) is 13.0 Å². The molecule has 0 bridgehead atoms. The van der Waals surface area contributed by atoms with Gasteiger partial charge in [0.1, 0.15) is 13.2 Å². The zero-order valence-electron chi connectivity index (χ0n) is 10.7. The number of nitrogens with zero attached hydrogens (tertiary/aromatic N) is 1. The number of aromatic amines is 1. The second-order valence-corrected chi connectivity index (χ2v) is 4.48. The predicted octanol–water partition coefficient (Wildman–Crippen LogP) is 1.51. The van der Waals surface area contributed by atoms with Crippen molar-refractivity contribution >= 4 is 0 Å². The molecule has 0 amide bonds. The fourth-order valence-corrected chi connectivity index (χ4v) is 2.07. The summed E-state index contributed by atoms with van der Waals surface area (Å²) >= 11 is 0. The van der Waals surface area contributed by atoms with Crippen LogP contribution in [0, 0.1) is 0 Å². The first-order chi connectivity index (χ1) is 9.42. The molecule has 3 rings (SSSR count). The van der Waals surface area contributed by atoms with Crippen molar-refractivity contribution in [3.05, 3.63) is 42.0 Å². The third kappa shape index (κ3) is 3.06. The van der Waals surface area contributed by atoms with Gasteiger partial charge in [-0.3, -0.25) is 0 Å². The lowest BCUT2D eigenvalue weighted by molar-refractivity contribution is 0.171. The minimum Gasteiger partial charge on any atom is -0.486 e. The molecule has 1 aromatic carbocycles. The Kier molecular flexibility index (Phi) is 3.65. The Morgan fingerprint density at radius 3 is 2.95 bits per heavy atom. The van der Waals surface area contributed by atoms with Gasteiger partial charge in [-0.25, -0.2) is 4.98 Å². The van der Waals surface area contributed by atoms with Crippen molar-refractivity contribution in [3.63, 3.8) is 0 Å². The third-order valence-corrected chi connectivity index (χ3v) is 3.06. The smallest absolute Gasteiger partial charge is 0.161 e. The average Bonchev–Trinajstić information content (AvgIpc) is 2.97. The number of H-pyrrole nitrogens is 1. The monoisotopic (exact) mass is 259 g/mol. The Morgan fingerprint density at radius 1 is 1.21 bits per heavy atom. The lowest BCUT2D eigenvalue weighted by Gasteiger charge is -2.18. The molecule has 0 radical (unpaired) electrons. The number of aromatic nitrogens is 2. The van der Waals surface area contributed by atoms with E-state index in [4.69, 9.17) is 9.47 Å². The number of hydrogen-bond donors (Lipinski definition) is 2. The summed E-state index contributed by atoms with van der Waals surface area (Å²) in [4.78, 5) is 7.08. The molecule has 2 N–H and O–H groups in total. The highest BCUT2D eigenvalue weighted by Crippen LogP contribution is 2.30. The van der Waals surface area contributed by atoms with E-state index < -0.39 is 0 Å². The van der Waals surface area contributed by atoms with Crippen molar-refractivity contribution in [1.29, 1.82) is 0 Å². The van der Waals surface area contributed by atoms with Crippen molar-refractivity contribution in [2.45, 2.75) is 13.0 Å². The molecule has 0 aliphatic carbocycles. The van der Waals surface area contributed by atoms with E-state index in [1.165, 1.54) is 5.56 Å². The maximum Gasteiger partial charge on any atom is 0.161 e.